The van der Waals surface area contributed by atoms with Gasteiger partial charge in [-0.3, -0.25) is 0 Å². The molecule has 1 heterocycles. The molecule has 0 saturated heterocycles. The number of aliphatic carboxylic acids is 1. The smallest absolute Gasteiger partial charge is 0.376 e. The molecule has 114 valence electrons. The molecule has 2 N–H and O–H groups in total. The Kier molecular flexibility index (Phi) is 4.40. The minimum Gasteiger partial charge on any atom is -0.480 e. The zero-order chi connectivity index (χ0) is 15.5. The highest BCUT2D eigenvalue weighted by Crippen LogP contribution is 2.34. The molecule has 1 aromatic heterocycles. The first-order valence-corrected chi connectivity index (χ1v) is 6.90. The van der Waals surface area contributed by atoms with Crippen molar-refractivity contribution in [3.63, 3.8) is 0 Å². The fraction of sp³-hybridized carbons (Fsp3) is 0.571. The van der Waals surface area contributed by atoms with Crippen molar-refractivity contribution in [3.8, 4) is 0 Å². The fourth-order valence-electron chi connectivity index (χ4n) is 2.78. The highest BCUT2D eigenvalue weighted by Gasteiger charge is 2.42. The number of hydrogen-bond donors (Lipinski definition) is 2. The standard InChI is InChI=1S/C14H19N3O4/c1-9-4-3-6-14(8-9,13(19)20)17-10-5-7-15-11(16-10)12(18)21-2/h5,7,9H,3-4,6,8H2,1-2H3,(H,19,20)(H,15,16,17). The molecule has 1 aromatic rings. The van der Waals surface area contributed by atoms with Gasteiger partial charge in [0, 0.05) is 6.20 Å². The fourth-order valence-corrected chi connectivity index (χ4v) is 2.78. The van der Waals surface area contributed by atoms with Gasteiger partial charge in [0.05, 0.1) is 7.11 Å². The van der Waals surface area contributed by atoms with Gasteiger partial charge in [0.15, 0.2) is 0 Å². The minimum absolute atomic E-state index is 0.0908. The van der Waals surface area contributed by atoms with Crippen LogP contribution in [0.15, 0.2) is 12.3 Å². The van der Waals surface area contributed by atoms with E-state index in [1.165, 1.54) is 13.3 Å². The van der Waals surface area contributed by atoms with Crippen LogP contribution >= 0.6 is 0 Å². The van der Waals surface area contributed by atoms with Crippen molar-refractivity contribution in [3.05, 3.63) is 18.1 Å². The van der Waals surface area contributed by atoms with Crippen molar-refractivity contribution < 1.29 is 19.4 Å². The van der Waals surface area contributed by atoms with E-state index in [0.29, 0.717) is 24.6 Å². The maximum atomic E-state index is 11.7. The molecular weight excluding hydrogens is 274 g/mol. The second kappa shape index (κ2) is 6.07. The van der Waals surface area contributed by atoms with Crippen LogP contribution in [-0.2, 0) is 9.53 Å². The Labute approximate surface area is 122 Å². The zero-order valence-corrected chi connectivity index (χ0v) is 12.1. The topological polar surface area (TPSA) is 101 Å². The maximum Gasteiger partial charge on any atom is 0.376 e. The van der Waals surface area contributed by atoms with Crippen LogP contribution in [0.5, 0.6) is 0 Å². The van der Waals surface area contributed by atoms with Gasteiger partial charge >= 0.3 is 11.9 Å². The largest absolute Gasteiger partial charge is 0.480 e. The number of aromatic nitrogens is 2. The lowest BCUT2D eigenvalue weighted by Gasteiger charge is -2.37. The summed E-state index contributed by atoms with van der Waals surface area (Å²) in [7, 11) is 1.24. The molecule has 0 bridgehead atoms. The molecule has 0 amide bonds. The number of ether oxygens (including phenoxy) is 1. The van der Waals surface area contributed by atoms with E-state index in [2.05, 4.69) is 20.0 Å². The molecule has 21 heavy (non-hydrogen) atoms. The number of methoxy groups -OCH3 is 1. The lowest BCUT2D eigenvalue weighted by atomic mass is 9.76. The first-order valence-electron chi connectivity index (χ1n) is 6.90. The number of carboxylic acid groups (broad SMARTS) is 1. The van der Waals surface area contributed by atoms with Gasteiger partial charge in [0.2, 0.25) is 5.82 Å². The van der Waals surface area contributed by atoms with Gasteiger partial charge in [-0.2, -0.15) is 0 Å². The average Bonchev–Trinajstić information content (AvgIpc) is 2.46. The molecule has 2 atom stereocenters. The Balaban J connectivity index is 2.25. The molecule has 0 radical (unpaired) electrons. The van der Waals surface area contributed by atoms with Crippen molar-refractivity contribution >= 4 is 17.8 Å². The molecule has 7 nitrogen and oxygen atoms in total. The van der Waals surface area contributed by atoms with E-state index in [-0.39, 0.29) is 5.82 Å². The van der Waals surface area contributed by atoms with Gasteiger partial charge < -0.3 is 15.2 Å². The molecule has 0 spiro atoms. The Morgan fingerprint density at radius 2 is 2.29 bits per heavy atom. The second-order valence-electron chi connectivity index (χ2n) is 5.47. The van der Waals surface area contributed by atoms with Gasteiger partial charge in [-0.1, -0.05) is 19.8 Å². The van der Waals surface area contributed by atoms with Crippen molar-refractivity contribution in [2.75, 3.05) is 12.4 Å². The van der Waals surface area contributed by atoms with E-state index in [9.17, 15) is 14.7 Å². The summed E-state index contributed by atoms with van der Waals surface area (Å²) >= 11 is 0. The van der Waals surface area contributed by atoms with Crippen molar-refractivity contribution in [1.29, 1.82) is 0 Å². The van der Waals surface area contributed by atoms with E-state index >= 15 is 0 Å². The molecule has 1 fully saturated rings. The van der Waals surface area contributed by atoms with Crippen LogP contribution in [-0.4, -0.2) is 39.7 Å². The summed E-state index contributed by atoms with van der Waals surface area (Å²) in [6.07, 6.45) is 4.33. The number of carboxylic acids is 1. The molecular formula is C14H19N3O4. The Morgan fingerprint density at radius 3 is 2.90 bits per heavy atom. The first kappa shape index (κ1) is 15.2. The highest BCUT2D eigenvalue weighted by atomic mass is 16.5. The number of nitrogens with zero attached hydrogens (tertiary/aromatic N) is 2. The van der Waals surface area contributed by atoms with Gasteiger partial charge in [0.1, 0.15) is 11.4 Å². The third-order valence-electron chi connectivity index (χ3n) is 3.80. The van der Waals surface area contributed by atoms with Crippen LogP contribution in [0.25, 0.3) is 0 Å². The highest BCUT2D eigenvalue weighted by molar-refractivity contribution is 5.86. The summed E-state index contributed by atoms with van der Waals surface area (Å²) in [6, 6.07) is 1.55. The normalized spacial score (nSPS) is 25.1. The number of nitrogens with one attached hydrogen (secondary N) is 1. The van der Waals surface area contributed by atoms with Crippen LogP contribution in [0.3, 0.4) is 0 Å². The Bertz CT molecular complexity index is 549. The molecule has 2 unspecified atom stereocenters. The van der Waals surface area contributed by atoms with Crippen LogP contribution in [0.2, 0.25) is 0 Å². The molecule has 0 aromatic carbocycles. The van der Waals surface area contributed by atoms with Gasteiger partial charge in [0.25, 0.3) is 0 Å². The predicted octanol–water partition coefficient (Wildman–Crippen LogP) is 1.71. The minimum atomic E-state index is -1.04. The lowest BCUT2D eigenvalue weighted by Crippen LogP contribution is -2.49. The maximum absolute atomic E-state index is 11.7. The zero-order valence-electron chi connectivity index (χ0n) is 12.1. The molecule has 7 heteroatoms. The number of anilines is 1. The second-order valence-corrected chi connectivity index (χ2v) is 5.47. The average molecular weight is 293 g/mol. The van der Waals surface area contributed by atoms with E-state index in [0.717, 1.165) is 12.8 Å². The van der Waals surface area contributed by atoms with E-state index in [1.54, 1.807) is 6.07 Å². The summed E-state index contributed by atoms with van der Waals surface area (Å²) in [5.74, 6) is -0.995. The predicted molar refractivity (Wildman–Crippen MR) is 75.0 cm³/mol. The monoisotopic (exact) mass is 293 g/mol. The van der Waals surface area contributed by atoms with Gasteiger partial charge in [-0.25, -0.2) is 19.6 Å². The summed E-state index contributed by atoms with van der Waals surface area (Å²) < 4.78 is 4.56. The third kappa shape index (κ3) is 3.29. The molecule has 1 aliphatic rings. The Morgan fingerprint density at radius 1 is 1.52 bits per heavy atom. The Hall–Kier alpha value is -2.18. The van der Waals surface area contributed by atoms with Gasteiger partial charge in [-0.15, -0.1) is 0 Å². The van der Waals surface area contributed by atoms with Crippen LogP contribution in [0.1, 0.15) is 43.2 Å². The molecule has 2 rings (SSSR count). The molecule has 0 aliphatic heterocycles. The van der Waals surface area contributed by atoms with Crippen molar-refractivity contribution in [2.45, 2.75) is 38.1 Å². The van der Waals surface area contributed by atoms with Crippen molar-refractivity contribution in [1.82, 2.24) is 9.97 Å². The summed E-state index contributed by atoms with van der Waals surface area (Å²) in [6.45, 7) is 2.04. The van der Waals surface area contributed by atoms with E-state index in [4.69, 9.17) is 0 Å². The molecule has 1 aliphatic carbocycles. The number of hydrogen-bond acceptors (Lipinski definition) is 6. The SMILES string of the molecule is COC(=O)c1nccc(NC2(C(=O)O)CCCC(C)C2)n1. The quantitative estimate of drug-likeness (QED) is 0.815. The number of esters is 1. The van der Waals surface area contributed by atoms with Crippen molar-refractivity contribution in [2.24, 2.45) is 5.92 Å². The van der Waals surface area contributed by atoms with Gasteiger partial charge in [-0.05, 0) is 24.8 Å². The van der Waals surface area contributed by atoms with Crippen LogP contribution in [0.4, 0.5) is 5.82 Å². The van der Waals surface area contributed by atoms with E-state index < -0.39 is 17.5 Å². The lowest BCUT2D eigenvalue weighted by molar-refractivity contribution is -0.144. The first-order chi connectivity index (χ1) is 9.97. The summed E-state index contributed by atoms with van der Waals surface area (Å²) in [4.78, 5) is 31.0. The number of rotatable bonds is 4. The summed E-state index contributed by atoms with van der Waals surface area (Å²) in [5, 5.41) is 12.6. The number of carbonyl (C=O) groups is 2. The van der Waals surface area contributed by atoms with Crippen LogP contribution < -0.4 is 5.32 Å². The third-order valence-corrected chi connectivity index (χ3v) is 3.80. The number of carbonyl (C=O) groups excluding carboxylic acids is 1. The summed E-state index contributed by atoms with van der Waals surface area (Å²) in [5.41, 5.74) is -1.04. The van der Waals surface area contributed by atoms with E-state index in [1.807, 2.05) is 6.92 Å². The molecule has 1 saturated carbocycles. The van der Waals surface area contributed by atoms with Crippen LogP contribution in [0, 0.1) is 5.92 Å².